The van der Waals surface area contributed by atoms with Crippen LogP contribution in [-0.4, -0.2) is 74.3 Å². The van der Waals surface area contributed by atoms with Gasteiger partial charge < -0.3 is 20.3 Å². The standard InChI is InChI=1S/C21H33N5O2.HI/c1-4-22-20(23-16-21(2,3)25-10-12-28-13-11-25)24-17-14-19(27)26(15-17)18-8-6-5-7-9-18;/h5-9,17H,4,10-16H2,1-3H3,(H2,22,23,24);1H. The lowest BCUT2D eigenvalue weighted by atomic mass is 10.0. The highest BCUT2D eigenvalue weighted by atomic mass is 127. The molecule has 0 saturated carbocycles. The van der Waals surface area contributed by atoms with E-state index in [9.17, 15) is 4.79 Å². The highest BCUT2D eigenvalue weighted by Gasteiger charge is 2.32. The van der Waals surface area contributed by atoms with Crippen LogP contribution in [0.1, 0.15) is 27.2 Å². The second-order valence-corrected chi connectivity index (χ2v) is 7.99. The Morgan fingerprint density at radius 3 is 2.59 bits per heavy atom. The monoisotopic (exact) mass is 515 g/mol. The van der Waals surface area contributed by atoms with Gasteiger partial charge in [-0.3, -0.25) is 14.7 Å². The SMILES string of the molecule is CCNC(=NCC(C)(C)N1CCOCC1)NC1CC(=O)N(c2ccccc2)C1.I. The maximum atomic E-state index is 12.5. The molecule has 2 N–H and O–H groups in total. The first-order chi connectivity index (χ1) is 13.5. The number of rotatable bonds is 6. The van der Waals surface area contributed by atoms with Crippen molar-refractivity contribution in [3.05, 3.63) is 30.3 Å². The largest absolute Gasteiger partial charge is 0.379 e. The number of halogens is 1. The lowest BCUT2D eigenvalue weighted by molar-refractivity contribution is -0.117. The maximum absolute atomic E-state index is 12.5. The van der Waals surface area contributed by atoms with Crippen molar-refractivity contribution in [1.29, 1.82) is 0 Å². The molecular formula is C21H34IN5O2. The van der Waals surface area contributed by atoms with Crippen LogP contribution in [0.25, 0.3) is 0 Å². The number of ether oxygens (including phenoxy) is 1. The number of amides is 1. The molecule has 1 unspecified atom stereocenters. The van der Waals surface area contributed by atoms with E-state index in [4.69, 9.17) is 9.73 Å². The van der Waals surface area contributed by atoms with E-state index in [2.05, 4.69) is 36.3 Å². The number of morpholine rings is 1. The number of nitrogens with zero attached hydrogens (tertiary/aromatic N) is 3. The third-order valence-electron chi connectivity index (χ3n) is 5.37. The number of guanidine groups is 1. The summed E-state index contributed by atoms with van der Waals surface area (Å²) in [7, 11) is 0. The highest BCUT2D eigenvalue weighted by molar-refractivity contribution is 14.0. The van der Waals surface area contributed by atoms with Crippen molar-refractivity contribution in [1.82, 2.24) is 15.5 Å². The first-order valence-electron chi connectivity index (χ1n) is 10.2. The van der Waals surface area contributed by atoms with E-state index in [1.165, 1.54) is 0 Å². The number of hydrogen-bond donors (Lipinski definition) is 2. The zero-order chi connectivity index (χ0) is 20.0. The summed E-state index contributed by atoms with van der Waals surface area (Å²) < 4.78 is 5.47. The minimum atomic E-state index is -0.0340. The minimum absolute atomic E-state index is 0. The summed E-state index contributed by atoms with van der Waals surface area (Å²) in [6, 6.07) is 9.89. The van der Waals surface area contributed by atoms with Crippen LogP contribution in [0.2, 0.25) is 0 Å². The molecule has 8 heteroatoms. The van der Waals surface area contributed by atoms with Gasteiger partial charge in [-0.15, -0.1) is 24.0 Å². The van der Waals surface area contributed by atoms with Crippen molar-refractivity contribution in [3.8, 4) is 0 Å². The molecule has 2 saturated heterocycles. The van der Waals surface area contributed by atoms with Crippen molar-refractivity contribution in [3.63, 3.8) is 0 Å². The first kappa shape index (κ1) is 23.9. The summed E-state index contributed by atoms with van der Waals surface area (Å²) >= 11 is 0. The Balaban J connectivity index is 0.00000300. The zero-order valence-electron chi connectivity index (χ0n) is 17.7. The molecule has 162 valence electrons. The number of para-hydroxylation sites is 1. The molecule has 0 aromatic heterocycles. The Bertz CT molecular complexity index is 677. The number of benzene rings is 1. The molecule has 1 aromatic carbocycles. The van der Waals surface area contributed by atoms with E-state index in [-0.39, 0.29) is 41.5 Å². The number of carbonyl (C=O) groups excluding carboxylic acids is 1. The molecule has 2 aliphatic rings. The van der Waals surface area contributed by atoms with Gasteiger partial charge in [0.1, 0.15) is 0 Å². The Morgan fingerprint density at radius 1 is 1.24 bits per heavy atom. The van der Waals surface area contributed by atoms with E-state index in [1.54, 1.807) is 0 Å². The molecule has 1 amide bonds. The Kier molecular flexibility index (Phi) is 9.16. The first-order valence-corrected chi connectivity index (χ1v) is 10.2. The van der Waals surface area contributed by atoms with Crippen LogP contribution in [0.3, 0.4) is 0 Å². The van der Waals surface area contributed by atoms with Crippen LogP contribution in [0, 0.1) is 0 Å². The molecule has 0 radical (unpaired) electrons. The quantitative estimate of drug-likeness (QED) is 0.345. The van der Waals surface area contributed by atoms with Gasteiger partial charge >= 0.3 is 0 Å². The molecule has 2 fully saturated rings. The van der Waals surface area contributed by atoms with E-state index < -0.39 is 0 Å². The molecular weight excluding hydrogens is 481 g/mol. The molecule has 7 nitrogen and oxygen atoms in total. The number of anilines is 1. The van der Waals surface area contributed by atoms with E-state index in [0.29, 0.717) is 19.5 Å². The summed E-state index contributed by atoms with van der Waals surface area (Å²) in [6.07, 6.45) is 0.478. The Morgan fingerprint density at radius 2 is 1.93 bits per heavy atom. The normalized spacial score (nSPS) is 21.1. The molecule has 2 aliphatic heterocycles. The predicted octanol–water partition coefficient (Wildman–Crippen LogP) is 2.08. The molecule has 29 heavy (non-hydrogen) atoms. The van der Waals surface area contributed by atoms with Gasteiger partial charge in [-0.25, -0.2) is 0 Å². The molecule has 1 aromatic rings. The molecule has 2 heterocycles. The fraction of sp³-hybridized carbons (Fsp3) is 0.619. The molecule has 0 spiro atoms. The van der Waals surface area contributed by atoms with E-state index >= 15 is 0 Å². The summed E-state index contributed by atoms with van der Waals surface area (Å²) in [6.45, 7) is 12.1. The van der Waals surface area contributed by atoms with Gasteiger partial charge in [0.05, 0.1) is 25.8 Å². The third-order valence-corrected chi connectivity index (χ3v) is 5.37. The van der Waals surface area contributed by atoms with Crippen molar-refractivity contribution >= 4 is 41.5 Å². The van der Waals surface area contributed by atoms with E-state index in [1.807, 2.05) is 35.2 Å². The lowest BCUT2D eigenvalue weighted by Gasteiger charge is -2.40. The van der Waals surface area contributed by atoms with Crippen molar-refractivity contribution in [2.75, 3.05) is 50.8 Å². The van der Waals surface area contributed by atoms with Crippen LogP contribution < -0.4 is 15.5 Å². The topological polar surface area (TPSA) is 69.2 Å². The maximum Gasteiger partial charge on any atom is 0.229 e. The summed E-state index contributed by atoms with van der Waals surface area (Å²) in [5.41, 5.74) is 0.917. The van der Waals surface area contributed by atoms with Crippen molar-refractivity contribution in [2.24, 2.45) is 4.99 Å². The van der Waals surface area contributed by atoms with E-state index in [0.717, 1.165) is 44.5 Å². The fourth-order valence-electron chi connectivity index (χ4n) is 3.72. The molecule has 0 bridgehead atoms. The van der Waals surface area contributed by atoms with Crippen LogP contribution in [-0.2, 0) is 9.53 Å². The van der Waals surface area contributed by atoms with Gasteiger partial charge in [0.25, 0.3) is 0 Å². The van der Waals surface area contributed by atoms with Gasteiger partial charge in [0.2, 0.25) is 5.91 Å². The second-order valence-electron chi connectivity index (χ2n) is 7.99. The molecule has 0 aliphatic carbocycles. The number of aliphatic imine (C=N–C) groups is 1. The Hall–Kier alpha value is -1.39. The van der Waals surface area contributed by atoms with Gasteiger partial charge in [-0.05, 0) is 32.9 Å². The molecule has 3 rings (SSSR count). The Labute approximate surface area is 191 Å². The predicted molar refractivity (Wildman–Crippen MR) is 128 cm³/mol. The zero-order valence-corrected chi connectivity index (χ0v) is 20.0. The minimum Gasteiger partial charge on any atom is -0.379 e. The van der Waals surface area contributed by atoms with Crippen molar-refractivity contribution < 1.29 is 9.53 Å². The van der Waals surface area contributed by atoms with Gasteiger partial charge in [0, 0.05) is 43.8 Å². The summed E-state index contributed by atoms with van der Waals surface area (Å²) in [4.78, 5) is 21.6. The smallest absolute Gasteiger partial charge is 0.229 e. The van der Waals surface area contributed by atoms with Gasteiger partial charge in [-0.2, -0.15) is 0 Å². The van der Waals surface area contributed by atoms with Crippen LogP contribution in [0.4, 0.5) is 5.69 Å². The summed E-state index contributed by atoms with van der Waals surface area (Å²) in [5, 5.41) is 6.78. The highest BCUT2D eigenvalue weighted by Crippen LogP contribution is 2.21. The lowest BCUT2D eigenvalue weighted by Crippen LogP contribution is -2.52. The van der Waals surface area contributed by atoms with Crippen LogP contribution >= 0.6 is 24.0 Å². The van der Waals surface area contributed by atoms with Gasteiger partial charge in [0.15, 0.2) is 5.96 Å². The number of nitrogens with one attached hydrogen (secondary N) is 2. The van der Waals surface area contributed by atoms with Crippen molar-refractivity contribution in [2.45, 2.75) is 38.8 Å². The second kappa shape index (κ2) is 11.1. The molecule has 1 atom stereocenters. The average molecular weight is 515 g/mol. The fourth-order valence-corrected chi connectivity index (χ4v) is 3.72. The average Bonchev–Trinajstić information content (AvgIpc) is 3.08. The van der Waals surface area contributed by atoms with Crippen LogP contribution in [0.5, 0.6) is 0 Å². The number of hydrogen-bond acceptors (Lipinski definition) is 4. The van der Waals surface area contributed by atoms with Crippen LogP contribution in [0.15, 0.2) is 35.3 Å². The summed E-state index contributed by atoms with van der Waals surface area (Å²) in [5.74, 6) is 0.921. The van der Waals surface area contributed by atoms with Gasteiger partial charge in [-0.1, -0.05) is 18.2 Å². The third kappa shape index (κ3) is 6.55. The number of carbonyl (C=O) groups is 1.